The fourth-order valence-electron chi connectivity index (χ4n) is 4.38. The van der Waals surface area contributed by atoms with Crippen molar-refractivity contribution in [1.29, 1.82) is 5.26 Å². The number of anilines is 1. The molecule has 7 nitrogen and oxygen atoms in total. The fraction of sp³-hybridized carbons (Fsp3) is 0.500. The number of pyridine rings is 1. The van der Waals surface area contributed by atoms with Crippen LogP contribution in [-0.2, 0) is 11.2 Å². The molecular formula is C20H24N6O. The lowest BCUT2D eigenvalue weighted by Crippen LogP contribution is -2.54. The van der Waals surface area contributed by atoms with Gasteiger partial charge in [-0.15, -0.1) is 0 Å². The number of nitriles is 1. The molecule has 0 radical (unpaired) electrons. The number of nitrogens with zero attached hydrogens (tertiary/aromatic N) is 5. The lowest BCUT2D eigenvalue weighted by atomic mass is 9.73. The fourth-order valence-corrected chi connectivity index (χ4v) is 4.38. The average molecular weight is 364 g/mol. The summed E-state index contributed by atoms with van der Waals surface area (Å²) >= 11 is 0. The van der Waals surface area contributed by atoms with Crippen LogP contribution in [0.4, 0.5) is 5.82 Å². The number of hydrogen-bond acceptors (Lipinski definition) is 5. The van der Waals surface area contributed by atoms with Crippen molar-refractivity contribution in [2.75, 3.05) is 31.1 Å². The predicted molar refractivity (Wildman–Crippen MR) is 101 cm³/mol. The van der Waals surface area contributed by atoms with Gasteiger partial charge in [-0.1, -0.05) is 6.07 Å². The monoisotopic (exact) mass is 364 g/mol. The van der Waals surface area contributed by atoms with Crippen molar-refractivity contribution in [2.24, 2.45) is 5.41 Å². The second-order valence-corrected chi connectivity index (χ2v) is 7.66. The molecule has 27 heavy (non-hydrogen) atoms. The number of hydrogen-bond donors (Lipinski definition) is 1. The molecule has 1 amide bonds. The van der Waals surface area contributed by atoms with Gasteiger partial charge in [-0.25, -0.2) is 9.97 Å². The van der Waals surface area contributed by atoms with E-state index >= 15 is 0 Å². The molecule has 0 bridgehead atoms. The SMILES string of the molecule is N#Cc1cccc(N2CCC[C@]3(CCC(=O)N(CCc4cnc[nH]4)C3)C2)n1. The van der Waals surface area contributed by atoms with Gasteiger partial charge in [0.25, 0.3) is 0 Å². The Morgan fingerprint density at radius 3 is 3.04 bits per heavy atom. The molecule has 1 N–H and O–H groups in total. The molecule has 0 unspecified atom stereocenters. The first kappa shape index (κ1) is 17.5. The molecular weight excluding hydrogens is 340 g/mol. The van der Waals surface area contributed by atoms with Crippen LogP contribution in [0.3, 0.4) is 0 Å². The van der Waals surface area contributed by atoms with Crippen LogP contribution in [0.2, 0.25) is 0 Å². The van der Waals surface area contributed by atoms with Crippen molar-refractivity contribution in [2.45, 2.75) is 32.1 Å². The number of carbonyl (C=O) groups is 1. The van der Waals surface area contributed by atoms with Crippen molar-refractivity contribution in [1.82, 2.24) is 19.9 Å². The minimum absolute atomic E-state index is 0.116. The second kappa shape index (κ2) is 7.39. The molecule has 2 fully saturated rings. The van der Waals surface area contributed by atoms with Gasteiger partial charge in [0.1, 0.15) is 17.6 Å². The van der Waals surface area contributed by atoms with E-state index in [9.17, 15) is 4.79 Å². The van der Waals surface area contributed by atoms with Crippen LogP contribution in [0.15, 0.2) is 30.7 Å². The van der Waals surface area contributed by atoms with E-state index in [1.54, 1.807) is 12.4 Å². The zero-order valence-electron chi connectivity index (χ0n) is 15.4. The van der Waals surface area contributed by atoms with Crippen molar-refractivity contribution in [3.05, 3.63) is 42.1 Å². The number of H-pyrrole nitrogens is 1. The first-order valence-electron chi connectivity index (χ1n) is 9.55. The first-order chi connectivity index (χ1) is 13.2. The van der Waals surface area contributed by atoms with Gasteiger partial charge in [0.15, 0.2) is 0 Å². The summed E-state index contributed by atoms with van der Waals surface area (Å²) < 4.78 is 0. The van der Waals surface area contributed by atoms with Gasteiger partial charge in [0, 0.05) is 56.3 Å². The number of carbonyl (C=O) groups excluding carboxylic acids is 1. The minimum Gasteiger partial charge on any atom is -0.356 e. The maximum Gasteiger partial charge on any atom is 0.222 e. The van der Waals surface area contributed by atoms with E-state index in [1.807, 2.05) is 23.2 Å². The smallest absolute Gasteiger partial charge is 0.222 e. The van der Waals surface area contributed by atoms with Gasteiger partial charge in [-0.05, 0) is 31.4 Å². The van der Waals surface area contributed by atoms with Crippen molar-refractivity contribution in [3.8, 4) is 6.07 Å². The van der Waals surface area contributed by atoms with Crippen LogP contribution >= 0.6 is 0 Å². The molecule has 0 aromatic carbocycles. The molecule has 1 spiro atoms. The highest BCUT2D eigenvalue weighted by Gasteiger charge is 2.41. The van der Waals surface area contributed by atoms with E-state index in [-0.39, 0.29) is 11.3 Å². The highest BCUT2D eigenvalue weighted by molar-refractivity contribution is 5.77. The third-order valence-corrected chi connectivity index (χ3v) is 5.79. The van der Waals surface area contributed by atoms with Crippen LogP contribution in [0.5, 0.6) is 0 Å². The number of aromatic amines is 1. The highest BCUT2D eigenvalue weighted by atomic mass is 16.2. The topological polar surface area (TPSA) is 88.9 Å². The maximum absolute atomic E-state index is 12.5. The van der Waals surface area contributed by atoms with Crippen molar-refractivity contribution in [3.63, 3.8) is 0 Å². The van der Waals surface area contributed by atoms with E-state index in [0.717, 1.165) is 63.4 Å². The van der Waals surface area contributed by atoms with E-state index in [4.69, 9.17) is 5.26 Å². The summed E-state index contributed by atoms with van der Waals surface area (Å²) in [6.45, 7) is 3.37. The summed E-state index contributed by atoms with van der Waals surface area (Å²) in [6.07, 6.45) is 8.06. The van der Waals surface area contributed by atoms with Gasteiger partial charge in [-0.2, -0.15) is 5.26 Å². The molecule has 140 valence electrons. The number of nitrogens with one attached hydrogen (secondary N) is 1. The molecule has 2 aromatic rings. The largest absolute Gasteiger partial charge is 0.356 e. The van der Waals surface area contributed by atoms with Crippen LogP contribution in [0, 0.1) is 16.7 Å². The summed E-state index contributed by atoms with van der Waals surface area (Å²) in [6, 6.07) is 7.73. The minimum atomic E-state index is 0.116. The Morgan fingerprint density at radius 1 is 1.30 bits per heavy atom. The third-order valence-electron chi connectivity index (χ3n) is 5.79. The van der Waals surface area contributed by atoms with E-state index < -0.39 is 0 Å². The molecule has 7 heteroatoms. The normalized spacial score (nSPS) is 22.9. The molecule has 2 saturated heterocycles. The van der Waals surface area contributed by atoms with Gasteiger partial charge < -0.3 is 14.8 Å². The number of likely N-dealkylation sites (tertiary alicyclic amines) is 1. The average Bonchev–Trinajstić information content (AvgIpc) is 3.23. The van der Waals surface area contributed by atoms with E-state index in [2.05, 4.69) is 25.9 Å². The van der Waals surface area contributed by atoms with Gasteiger partial charge in [-0.3, -0.25) is 4.79 Å². The molecule has 4 heterocycles. The molecule has 2 aromatic heterocycles. The Kier molecular flexibility index (Phi) is 4.80. The summed E-state index contributed by atoms with van der Waals surface area (Å²) in [4.78, 5) is 28.4. The van der Waals surface area contributed by atoms with E-state index in [0.29, 0.717) is 12.1 Å². The van der Waals surface area contributed by atoms with Gasteiger partial charge in [0.05, 0.1) is 6.33 Å². The van der Waals surface area contributed by atoms with E-state index in [1.165, 1.54) is 0 Å². The van der Waals surface area contributed by atoms with Crippen molar-refractivity contribution >= 4 is 11.7 Å². The Bertz CT molecular complexity index is 842. The van der Waals surface area contributed by atoms with Crippen LogP contribution in [0.25, 0.3) is 0 Å². The summed E-state index contributed by atoms with van der Waals surface area (Å²) in [7, 11) is 0. The molecule has 2 aliphatic heterocycles. The number of rotatable bonds is 4. The lowest BCUT2D eigenvalue weighted by molar-refractivity contribution is -0.137. The van der Waals surface area contributed by atoms with Crippen LogP contribution < -0.4 is 4.90 Å². The van der Waals surface area contributed by atoms with Crippen molar-refractivity contribution < 1.29 is 4.79 Å². The van der Waals surface area contributed by atoms with Crippen LogP contribution in [-0.4, -0.2) is 51.9 Å². The second-order valence-electron chi connectivity index (χ2n) is 7.66. The van der Waals surface area contributed by atoms with Gasteiger partial charge >= 0.3 is 0 Å². The maximum atomic E-state index is 12.5. The molecule has 4 rings (SSSR count). The summed E-state index contributed by atoms with van der Waals surface area (Å²) in [5.74, 6) is 1.12. The molecule has 0 aliphatic carbocycles. The Hall–Kier alpha value is -2.88. The molecule has 0 saturated carbocycles. The number of amides is 1. The Morgan fingerprint density at radius 2 is 2.22 bits per heavy atom. The number of imidazole rings is 1. The Balaban J connectivity index is 1.46. The zero-order chi connectivity index (χ0) is 18.7. The highest BCUT2D eigenvalue weighted by Crippen LogP contribution is 2.39. The Labute approximate surface area is 159 Å². The molecule has 2 aliphatic rings. The standard InChI is InChI=1S/C20H24N6O/c21-11-16-3-1-4-18(24-16)25-9-2-7-20(13-25)8-5-19(27)26(14-20)10-6-17-12-22-15-23-17/h1,3-4,12,15H,2,5-10,13-14H2,(H,22,23)/t20-/m0/s1. The predicted octanol–water partition coefficient (Wildman–Crippen LogP) is 2.13. The first-order valence-corrected chi connectivity index (χ1v) is 9.55. The number of piperidine rings is 2. The summed E-state index contributed by atoms with van der Waals surface area (Å²) in [5, 5.41) is 9.12. The summed E-state index contributed by atoms with van der Waals surface area (Å²) in [5.41, 5.74) is 1.63. The molecule has 1 atom stereocenters. The third kappa shape index (κ3) is 3.80. The number of aromatic nitrogens is 3. The lowest BCUT2D eigenvalue weighted by Gasteiger charge is -2.48. The van der Waals surface area contributed by atoms with Gasteiger partial charge in [0.2, 0.25) is 5.91 Å². The zero-order valence-corrected chi connectivity index (χ0v) is 15.4. The van der Waals surface area contributed by atoms with Crippen LogP contribution in [0.1, 0.15) is 37.1 Å². The quantitative estimate of drug-likeness (QED) is 0.898.